The van der Waals surface area contributed by atoms with E-state index in [0.29, 0.717) is 11.0 Å². The molecule has 132 valence electrons. The van der Waals surface area contributed by atoms with E-state index in [2.05, 4.69) is 65.2 Å². The van der Waals surface area contributed by atoms with E-state index in [0.717, 1.165) is 13.2 Å². The molecule has 1 fully saturated rings. The molecule has 0 aromatic heterocycles. The van der Waals surface area contributed by atoms with Crippen LogP contribution in [0.5, 0.6) is 0 Å². The first kappa shape index (κ1) is 19.9. The maximum atomic E-state index is 5.67. The van der Waals surface area contributed by atoms with Gasteiger partial charge in [-0.05, 0) is 44.9 Å². The molecule has 0 saturated carbocycles. The van der Waals surface area contributed by atoms with E-state index >= 15 is 0 Å². The topological polar surface area (TPSA) is 15.7 Å². The Morgan fingerprint density at radius 1 is 0.818 bits per heavy atom. The minimum atomic E-state index is 0.257. The van der Waals surface area contributed by atoms with Crippen molar-refractivity contribution in [2.75, 3.05) is 45.9 Å². The van der Waals surface area contributed by atoms with Gasteiger partial charge in [-0.25, -0.2) is 0 Å². The average molecular weight is 313 g/mol. The normalized spacial score (nSPS) is 19.6. The van der Waals surface area contributed by atoms with E-state index in [1.807, 2.05) is 0 Å². The molecule has 1 aliphatic heterocycles. The molecule has 0 bridgehead atoms. The third-order valence-corrected chi connectivity index (χ3v) is 4.63. The quantitative estimate of drug-likeness (QED) is 0.709. The van der Waals surface area contributed by atoms with Crippen molar-refractivity contribution in [3.8, 4) is 0 Å². The Morgan fingerprint density at radius 3 is 1.82 bits per heavy atom. The summed E-state index contributed by atoms with van der Waals surface area (Å²) in [5.74, 6) is 0. The highest BCUT2D eigenvalue weighted by atomic mass is 16.5. The molecule has 3 heteroatoms. The molecule has 0 aliphatic carbocycles. The first-order valence-electron chi connectivity index (χ1n) is 9.00. The van der Waals surface area contributed by atoms with Crippen LogP contribution < -0.4 is 0 Å². The molecular weight excluding hydrogens is 272 g/mol. The average Bonchev–Trinajstić information content (AvgIpc) is 2.34. The molecule has 22 heavy (non-hydrogen) atoms. The van der Waals surface area contributed by atoms with Crippen LogP contribution >= 0.6 is 0 Å². The van der Waals surface area contributed by atoms with Crippen LogP contribution in [0.3, 0.4) is 0 Å². The van der Waals surface area contributed by atoms with Crippen LogP contribution in [0.1, 0.15) is 61.8 Å². The van der Waals surface area contributed by atoms with Crippen molar-refractivity contribution < 1.29 is 4.74 Å². The minimum absolute atomic E-state index is 0.257. The van der Waals surface area contributed by atoms with Gasteiger partial charge in [0.15, 0.2) is 0 Å². The lowest BCUT2D eigenvalue weighted by Crippen LogP contribution is -2.54. The van der Waals surface area contributed by atoms with Crippen molar-refractivity contribution >= 4 is 0 Å². The summed E-state index contributed by atoms with van der Waals surface area (Å²) < 4.78 is 5.67. The van der Waals surface area contributed by atoms with Gasteiger partial charge in [0, 0.05) is 44.9 Å². The Labute approximate surface area is 139 Å². The molecule has 0 N–H and O–H groups in total. The molecule has 0 aromatic rings. The molecule has 1 heterocycles. The molecular formula is C19H40N2O. The van der Waals surface area contributed by atoms with Gasteiger partial charge in [0.1, 0.15) is 0 Å². The SMILES string of the molecule is CCOCC(C)(C)CC(C)(C)CN1CCN(C(C)(C)C)CC1. The number of rotatable bonds is 7. The number of ether oxygens (including phenoxy) is 1. The highest BCUT2D eigenvalue weighted by Crippen LogP contribution is 2.35. The first-order chi connectivity index (χ1) is 9.95. The van der Waals surface area contributed by atoms with E-state index in [4.69, 9.17) is 4.74 Å². The zero-order chi connectivity index (χ0) is 17.0. The molecule has 0 amide bonds. The van der Waals surface area contributed by atoms with Crippen molar-refractivity contribution in [3.63, 3.8) is 0 Å². The summed E-state index contributed by atoms with van der Waals surface area (Å²) in [5.41, 5.74) is 0.901. The van der Waals surface area contributed by atoms with E-state index in [9.17, 15) is 0 Å². The third-order valence-electron chi connectivity index (χ3n) is 4.63. The van der Waals surface area contributed by atoms with Gasteiger partial charge < -0.3 is 9.64 Å². The number of hydrogen-bond donors (Lipinski definition) is 0. The van der Waals surface area contributed by atoms with Crippen molar-refractivity contribution in [1.82, 2.24) is 9.80 Å². The van der Waals surface area contributed by atoms with Crippen molar-refractivity contribution in [2.45, 2.75) is 67.3 Å². The first-order valence-corrected chi connectivity index (χ1v) is 9.00. The Kier molecular flexibility index (Phi) is 6.91. The standard InChI is InChI=1S/C19H40N2O/c1-9-22-16-19(7,8)14-18(5,6)15-20-10-12-21(13-11-20)17(2,3)4/h9-16H2,1-8H3. The van der Waals surface area contributed by atoms with Gasteiger partial charge in [0.25, 0.3) is 0 Å². The summed E-state index contributed by atoms with van der Waals surface area (Å²) in [6, 6.07) is 0. The fourth-order valence-corrected chi connectivity index (χ4v) is 3.96. The van der Waals surface area contributed by atoms with Gasteiger partial charge in [-0.1, -0.05) is 27.7 Å². The second-order valence-corrected chi connectivity index (χ2v) is 9.58. The summed E-state index contributed by atoms with van der Waals surface area (Å²) in [5, 5.41) is 0. The van der Waals surface area contributed by atoms with Crippen LogP contribution in [-0.4, -0.2) is 61.3 Å². The zero-order valence-electron chi connectivity index (χ0n) is 16.5. The number of nitrogens with zero attached hydrogens (tertiary/aromatic N) is 2. The van der Waals surface area contributed by atoms with Crippen LogP contribution in [-0.2, 0) is 4.74 Å². The number of piperazine rings is 1. The maximum Gasteiger partial charge on any atom is 0.0517 e. The predicted octanol–water partition coefficient (Wildman–Crippen LogP) is 3.88. The van der Waals surface area contributed by atoms with Gasteiger partial charge in [-0.2, -0.15) is 0 Å². The van der Waals surface area contributed by atoms with Crippen LogP contribution in [0.2, 0.25) is 0 Å². The van der Waals surface area contributed by atoms with E-state index in [-0.39, 0.29) is 5.41 Å². The molecule has 0 spiro atoms. The third kappa shape index (κ3) is 6.97. The summed E-state index contributed by atoms with van der Waals surface area (Å²) in [6.07, 6.45) is 1.21. The second-order valence-electron chi connectivity index (χ2n) is 9.58. The molecule has 1 aliphatic rings. The van der Waals surface area contributed by atoms with E-state index < -0.39 is 0 Å². The van der Waals surface area contributed by atoms with Crippen molar-refractivity contribution in [1.29, 1.82) is 0 Å². The zero-order valence-corrected chi connectivity index (χ0v) is 16.5. The van der Waals surface area contributed by atoms with Crippen LogP contribution in [0, 0.1) is 10.8 Å². The van der Waals surface area contributed by atoms with Gasteiger partial charge >= 0.3 is 0 Å². The largest absolute Gasteiger partial charge is 0.381 e. The molecule has 0 atom stereocenters. The molecule has 3 nitrogen and oxygen atoms in total. The van der Waals surface area contributed by atoms with Crippen LogP contribution in [0.15, 0.2) is 0 Å². The summed E-state index contributed by atoms with van der Waals surface area (Å²) >= 11 is 0. The van der Waals surface area contributed by atoms with E-state index in [1.165, 1.54) is 39.1 Å². The van der Waals surface area contributed by atoms with Gasteiger partial charge in [0.2, 0.25) is 0 Å². The minimum Gasteiger partial charge on any atom is -0.381 e. The van der Waals surface area contributed by atoms with Crippen molar-refractivity contribution in [3.05, 3.63) is 0 Å². The monoisotopic (exact) mass is 312 g/mol. The van der Waals surface area contributed by atoms with Crippen LogP contribution in [0.25, 0.3) is 0 Å². The smallest absolute Gasteiger partial charge is 0.0517 e. The maximum absolute atomic E-state index is 5.67. The van der Waals surface area contributed by atoms with Gasteiger partial charge in [-0.3, -0.25) is 4.90 Å². The highest BCUT2D eigenvalue weighted by Gasteiger charge is 2.32. The molecule has 0 aromatic carbocycles. The van der Waals surface area contributed by atoms with Gasteiger partial charge in [-0.15, -0.1) is 0 Å². The molecule has 1 rings (SSSR count). The lowest BCUT2D eigenvalue weighted by atomic mass is 9.75. The van der Waals surface area contributed by atoms with Crippen molar-refractivity contribution in [2.24, 2.45) is 10.8 Å². The fourth-order valence-electron chi connectivity index (χ4n) is 3.96. The lowest BCUT2D eigenvalue weighted by Gasteiger charge is -2.45. The Balaban J connectivity index is 2.46. The lowest BCUT2D eigenvalue weighted by molar-refractivity contribution is 0.0152. The van der Waals surface area contributed by atoms with Crippen LogP contribution in [0.4, 0.5) is 0 Å². The predicted molar refractivity (Wildman–Crippen MR) is 96.4 cm³/mol. The Hall–Kier alpha value is -0.120. The fraction of sp³-hybridized carbons (Fsp3) is 1.00. The Morgan fingerprint density at radius 2 is 1.36 bits per heavy atom. The number of hydrogen-bond acceptors (Lipinski definition) is 3. The highest BCUT2D eigenvalue weighted by molar-refractivity contribution is 4.86. The summed E-state index contributed by atoms with van der Waals surface area (Å²) in [4.78, 5) is 5.26. The summed E-state index contributed by atoms with van der Waals surface area (Å²) in [6.45, 7) is 26.2. The van der Waals surface area contributed by atoms with Gasteiger partial charge in [0.05, 0.1) is 6.61 Å². The molecule has 0 radical (unpaired) electrons. The molecule has 0 unspecified atom stereocenters. The molecule has 1 saturated heterocycles. The second kappa shape index (κ2) is 7.63. The Bertz CT molecular complexity index is 323. The van der Waals surface area contributed by atoms with E-state index in [1.54, 1.807) is 0 Å². The summed E-state index contributed by atoms with van der Waals surface area (Å²) in [7, 11) is 0.